The van der Waals surface area contributed by atoms with E-state index < -0.39 is 0 Å². The molecule has 2 rings (SSSR count). The highest BCUT2D eigenvalue weighted by Gasteiger charge is 1.99. The lowest BCUT2D eigenvalue weighted by Gasteiger charge is -1.93. The molecule has 0 aliphatic carbocycles. The van der Waals surface area contributed by atoms with Crippen LogP contribution in [0.15, 0.2) is 37.1 Å². The van der Waals surface area contributed by atoms with Crippen molar-refractivity contribution >= 4 is 11.9 Å². The Hall–Kier alpha value is -1.29. The summed E-state index contributed by atoms with van der Waals surface area (Å²) in [7, 11) is 0. The molecular weight excluding hydrogens is 182 g/mol. The largest absolute Gasteiger partial charge is 0.280 e. The summed E-state index contributed by atoms with van der Waals surface area (Å²) in [6.45, 7) is 0. The molecule has 0 bridgehead atoms. The zero-order valence-electron chi connectivity index (χ0n) is 7.21. The SMILES string of the molecule is CSn1cnc(-c2ccncc2)c1. The Balaban J connectivity index is 2.36. The minimum atomic E-state index is 0.983. The summed E-state index contributed by atoms with van der Waals surface area (Å²) < 4.78 is 1.97. The van der Waals surface area contributed by atoms with Gasteiger partial charge in [0.15, 0.2) is 0 Å². The number of nitrogens with zero attached hydrogens (tertiary/aromatic N) is 3. The predicted octanol–water partition coefficient (Wildman–Crippen LogP) is 2.07. The van der Waals surface area contributed by atoms with Crippen LogP contribution in [0.5, 0.6) is 0 Å². The first-order valence-corrected chi connectivity index (χ1v) is 5.07. The summed E-state index contributed by atoms with van der Waals surface area (Å²) in [5.74, 6) is 0. The van der Waals surface area contributed by atoms with Crippen molar-refractivity contribution in [3.63, 3.8) is 0 Å². The molecule has 2 aromatic rings. The van der Waals surface area contributed by atoms with E-state index >= 15 is 0 Å². The van der Waals surface area contributed by atoms with E-state index in [9.17, 15) is 0 Å². The number of imidazole rings is 1. The van der Waals surface area contributed by atoms with Crippen molar-refractivity contribution in [1.82, 2.24) is 13.9 Å². The van der Waals surface area contributed by atoms with Crippen LogP contribution in [0.25, 0.3) is 11.3 Å². The molecule has 0 amide bonds. The highest BCUT2D eigenvalue weighted by molar-refractivity contribution is 7.97. The monoisotopic (exact) mass is 191 g/mol. The standard InChI is InChI=1S/C9H9N3S/c1-13-12-6-9(11-7-12)8-2-4-10-5-3-8/h2-7H,1H3. The van der Waals surface area contributed by atoms with Crippen molar-refractivity contribution in [3.05, 3.63) is 37.1 Å². The molecule has 0 aliphatic heterocycles. The Bertz CT molecular complexity index is 383. The molecule has 4 heteroatoms. The lowest BCUT2D eigenvalue weighted by atomic mass is 10.2. The molecule has 2 heterocycles. The quantitative estimate of drug-likeness (QED) is 0.728. The van der Waals surface area contributed by atoms with Crippen LogP contribution in [0.3, 0.4) is 0 Å². The van der Waals surface area contributed by atoms with Gasteiger partial charge in [-0.05, 0) is 24.1 Å². The Morgan fingerprint density at radius 2 is 2.08 bits per heavy atom. The summed E-state index contributed by atoms with van der Waals surface area (Å²) in [6, 6.07) is 3.90. The van der Waals surface area contributed by atoms with Gasteiger partial charge in [-0.1, -0.05) is 0 Å². The molecule has 3 nitrogen and oxygen atoms in total. The second-order valence-electron chi connectivity index (χ2n) is 2.54. The normalized spacial score (nSPS) is 10.2. The van der Waals surface area contributed by atoms with E-state index in [-0.39, 0.29) is 0 Å². The van der Waals surface area contributed by atoms with Crippen LogP contribution in [0.2, 0.25) is 0 Å². The maximum Gasteiger partial charge on any atom is 0.105 e. The maximum atomic E-state index is 4.27. The van der Waals surface area contributed by atoms with Crippen LogP contribution in [-0.4, -0.2) is 20.2 Å². The molecule has 66 valence electrons. The first-order valence-electron chi connectivity index (χ1n) is 3.89. The van der Waals surface area contributed by atoms with Gasteiger partial charge >= 0.3 is 0 Å². The van der Waals surface area contributed by atoms with E-state index in [0.717, 1.165) is 11.3 Å². The van der Waals surface area contributed by atoms with E-state index in [1.54, 1.807) is 30.7 Å². The molecular formula is C9H9N3S. The highest BCUT2D eigenvalue weighted by Crippen LogP contribution is 2.16. The molecule has 0 fully saturated rings. The molecule has 13 heavy (non-hydrogen) atoms. The Morgan fingerprint density at radius 1 is 1.31 bits per heavy atom. The van der Waals surface area contributed by atoms with Crippen LogP contribution >= 0.6 is 11.9 Å². The smallest absolute Gasteiger partial charge is 0.105 e. The van der Waals surface area contributed by atoms with Crippen LogP contribution in [-0.2, 0) is 0 Å². The summed E-state index contributed by atoms with van der Waals surface area (Å²) in [5.41, 5.74) is 2.08. The fraction of sp³-hybridized carbons (Fsp3) is 0.111. The van der Waals surface area contributed by atoms with Crippen molar-refractivity contribution in [2.45, 2.75) is 0 Å². The van der Waals surface area contributed by atoms with E-state index in [2.05, 4.69) is 9.97 Å². The lowest BCUT2D eigenvalue weighted by molar-refractivity contribution is 1.24. The van der Waals surface area contributed by atoms with Crippen LogP contribution in [0.4, 0.5) is 0 Å². The van der Waals surface area contributed by atoms with Gasteiger partial charge in [0.05, 0.1) is 5.69 Å². The second-order valence-corrected chi connectivity index (χ2v) is 3.32. The van der Waals surface area contributed by atoms with Gasteiger partial charge in [0.1, 0.15) is 6.33 Å². The highest BCUT2D eigenvalue weighted by atomic mass is 32.2. The van der Waals surface area contributed by atoms with Crippen LogP contribution < -0.4 is 0 Å². The number of hydrogen-bond donors (Lipinski definition) is 0. The topological polar surface area (TPSA) is 30.7 Å². The third-order valence-corrected chi connectivity index (χ3v) is 2.37. The molecule has 0 radical (unpaired) electrons. The zero-order valence-corrected chi connectivity index (χ0v) is 8.03. The van der Waals surface area contributed by atoms with E-state index in [1.807, 2.05) is 28.6 Å². The van der Waals surface area contributed by atoms with Crippen LogP contribution in [0.1, 0.15) is 0 Å². The number of rotatable bonds is 2. The summed E-state index contributed by atoms with van der Waals surface area (Å²) in [6.07, 6.45) is 9.36. The molecule has 0 unspecified atom stereocenters. The molecule has 0 aromatic carbocycles. The predicted molar refractivity (Wildman–Crippen MR) is 54.4 cm³/mol. The number of hydrogen-bond acceptors (Lipinski definition) is 3. The van der Waals surface area contributed by atoms with Crippen molar-refractivity contribution in [2.24, 2.45) is 0 Å². The minimum Gasteiger partial charge on any atom is -0.280 e. The molecule has 0 N–H and O–H groups in total. The Kier molecular flexibility index (Phi) is 2.31. The van der Waals surface area contributed by atoms with E-state index in [4.69, 9.17) is 0 Å². The fourth-order valence-corrected chi connectivity index (χ4v) is 1.42. The summed E-state index contributed by atoms with van der Waals surface area (Å²) in [5, 5.41) is 0. The van der Waals surface area contributed by atoms with Gasteiger partial charge in [0.25, 0.3) is 0 Å². The summed E-state index contributed by atoms with van der Waals surface area (Å²) >= 11 is 1.62. The second kappa shape index (κ2) is 3.62. The van der Waals surface area contributed by atoms with Gasteiger partial charge in [0.2, 0.25) is 0 Å². The van der Waals surface area contributed by atoms with Crippen molar-refractivity contribution < 1.29 is 0 Å². The fourth-order valence-electron chi connectivity index (χ4n) is 1.08. The molecule has 0 atom stereocenters. The molecule has 0 saturated carbocycles. The van der Waals surface area contributed by atoms with E-state index in [1.165, 1.54) is 0 Å². The molecule has 0 saturated heterocycles. The third kappa shape index (κ3) is 1.72. The molecule has 0 aliphatic rings. The van der Waals surface area contributed by atoms with Gasteiger partial charge in [0, 0.05) is 30.4 Å². The number of pyridine rings is 1. The Labute approximate surface area is 81.0 Å². The first kappa shape index (κ1) is 8.31. The average Bonchev–Trinajstić information content (AvgIpc) is 2.67. The van der Waals surface area contributed by atoms with Crippen molar-refractivity contribution in [2.75, 3.05) is 6.26 Å². The van der Waals surface area contributed by atoms with Crippen molar-refractivity contribution in [1.29, 1.82) is 0 Å². The van der Waals surface area contributed by atoms with Gasteiger partial charge in [-0.2, -0.15) is 0 Å². The van der Waals surface area contributed by atoms with Gasteiger partial charge < -0.3 is 0 Å². The molecule has 0 spiro atoms. The lowest BCUT2D eigenvalue weighted by Crippen LogP contribution is -1.77. The number of aromatic nitrogens is 3. The van der Waals surface area contributed by atoms with Crippen LogP contribution in [0, 0.1) is 0 Å². The van der Waals surface area contributed by atoms with Gasteiger partial charge in [-0.3, -0.25) is 8.96 Å². The van der Waals surface area contributed by atoms with Gasteiger partial charge in [-0.25, -0.2) is 4.98 Å². The maximum absolute atomic E-state index is 4.27. The van der Waals surface area contributed by atoms with Gasteiger partial charge in [-0.15, -0.1) is 0 Å². The molecule has 2 aromatic heterocycles. The first-order chi connectivity index (χ1) is 6.40. The average molecular weight is 191 g/mol. The minimum absolute atomic E-state index is 0.983. The summed E-state index contributed by atoms with van der Waals surface area (Å²) in [4.78, 5) is 8.23. The van der Waals surface area contributed by atoms with E-state index in [0.29, 0.717) is 0 Å². The van der Waals surface area contributed by atoms with Crippen molar-refractivity contribution in [3.8, 4) is 11.3 Å². The third-order valence-electron chi connectivity index (χ3n) is 1.75. The Morgan fingerprint density at radius 3 is 2.69 bits per heavy atom. The zero-order chi connectivity index (χ0) is 9.10.